The Morgan fingerprint density at radius 3 is 2.57 bits per heavy atom. The summed E-state index contributed by atoms with van der Waals surface area (Å²) in [6, 6.07) is 9.32. The molecule has 3 aliphatic carbocycles. The molecule has 2 aliphatic heterocycles. The summed E-state index contributed by atoms with van der Waals surface area (Å²) in [5.41, 5.74) is 2.54. The Labute approximate surface area is 175 Å². The van der Waals surface area contributed by atoms with Crippen LogP contribution in [0.4, 0.5) is 5.82 Å². The highest BCUT2D eigenvalue weighted by atomic mass is 16.3. The van der Waals surface area contributed by atoms with E-state index in [2.05, 4.69) is 44.2 Å². The van der Waals surface area contributed by atoms with Gasteiger partial charge in [0.15, 0.2) is 5.82 Å². The van der Waals surface area contributed by atoms with Crippen LogP contribution in [-0.4, -0.2) is 43.0 Å². The molecule has 6 heteroatoms. The lowest BCUT2D eigenvalue weighted by Gasteiger charge is -2.45. The summed E-state index contributed by atoms with van der Waals surface area (Å²) in [6.07, 6.45) is 9.79. The Balaban J connectivity index is 1.24. The topological polar surface area (TPSA) is 67.1 Å². The number of rotatable bonds is 4. The maximum atomic E-state index is 10.6. The highest BCUT2D eigenvalue weighted by molar-refractivity contribution is 5.81. The van der Waals surface area contributed by atoms with Crippen LogP contribution in [0, 0.1) is 10.8 Å². The fourth-order valence-electron chi connectivity index (χ4n) is 6.18. The summed E-state index contributed by atoms with van der Waals surface area (Å²) in [4.78, 5) is 11.5. The first-order chi connectivity index (χ1) is 14.4. The summed E-state index contributed by atoms with van der Waals surface area (Å²) in [5.74, 6) is 2.48. The molecule has 1 N–H and O–H groups in total. The highest BCUT2D eigenvalue weighted by Crippen LogP contribution is 2.75. The van der Waals surface area contributed by atoms with E-state index in [0.29, 0.717) is 11.5 Å². The molecule has 1 atom stereocenters. The van der Waals surface area contributed by atoms with Gasteiger partial charge in [0.05, 0.1) is 17.3 Å². The fourth-order valence-corrected chi connectivity index (χ4v) is 6.18. The van der Waals surface area contributed by atoms with Gasteiger partial charge >= 0.3 is 0 Å². The van der Waals surface area contributed by atoms with Gasteiger partial charge in [-0.05, 0) is 68.9 Å². The van der Waals surface area contributed by atoms with E-state index in [-0.39, 0.29) is 5.41 Å². The monoisotopic (exact) mass is 401 g/mol. The van der Waals surface area contributed by atoms with Crippen LogP contribution in [-0.2, 0) is 0 Å². The second kappa shape index (κ2) is 5.22. The first-order valence-electron chi connectivity index (χ1n) is 11.2. The first kappa shape index (κ1) is 17.2. The van der Waals surface area contributed by atoms with E-state index in [9.17, 15) is 5.11 Å². The maximum absolute atomic E-state index is 10.6. The lowest BCUT2D eigenvalue weighted by molar-refractivity contribution is -0.0754. The van der Waals surface area contributed by atoms with Crippen LogP contribution < -0.4 is 4.90 Å². The Bertz CT molecular complexity index is 1180. The minimum Gasteiger partial charge on any atom is -0.390 e. The highest BCUT2D eigenvalue weighted by Gasteiger charge is 2.63. The smallest absolute Gasteiger partial charge is 0.159 e. The SMILES string of the molecule is CC(C)(O)C12CC(C1)N(c1cc(-n3ncc4ccc(C5CC56CC6)cc43)ncn1)C2. The minimum absolute atomic E-state index is 0.0148. The molecule has 0 radical (unpaired) electrons. The third-order valence-corrected chi connectivity index (χ3v) is 8.69. The van der Waals surface area contributed by atoms with Crippen molar-refractivity contribution in [2.45, 2.75) is 63.5 Å². The average molecular weight is 402 g/mol. The molecule has 8 rings (SSSR count). The van der Waals surface area contributed by atoms with Crippen LogP contribution in [0.25, 0.3) is 16.7 Å². The van der Waals surface area contributed by atoms with Gasteiger partial charge in [-0.2, -0.15) is 5.10 Å². The Kier molecular flexibility index (Phi) is 3.00. The number of anilines is 1. The second-order valence-electron chi connectivity index (χ2n) is 10.8. The number of fused-ring (bicyclic) bond motifs is 2. The summed E-state index contributed by atoms with van der Waals surface area (Å²) < 4.78 is 1.96. The molecule has 1 aromatic carbocycles. The third kappa shape index (κ3) is 2.20. The van der Waals surface area contributed by atoms with E-state index < -0.39 is 5.60 Å². The van der Waals surface area contributed by atoms with Crippen LogP contribution in [0.3, 0.4) is 0 Å². The van der Waals surface area contributed by atoms with Gasteiger partial charge < -0.3 is 10.0 Å². The molecule has 1 spiro atoms. The summed E-state index contributed by atoms with van der Waals surface area (Å²) in [6.45, 7) is 4.74. The van der Waals surface area contributed by atoms with Crippen molar-refractivity contribution in [2.75, 3.05) is 11.4 Å². The predicted octanol–water partition coefficient (Wildman–Crippen LogP) is 3.82. The lowest BCUT2D eigenvalue weighted by atomic mass is 9.61. The van der Waals surface area contributed by atoms with Gasteiger partial charge in [-0.25, -0.2) is 14.6 Å². The van der Waals surface area contributed by atoms with Crippen LogP contribution in [0.2, 0.25) is 0 Å². The van der Waals surface area contributed by atoms with Gasteiger partial charge in [0.25, 0.3) is 0 Å². The Morgan fingerprint density at radius 2 is 1.87 bits per heavy atom. The van der Waals surface area contributed by atoms with Crippen LogP contribution in [0.5, 0.6) is 0 Å². The fraction of sp³-hybridized carbons (Fsp3) is 0.542. The van der Waals surface area contributed by atoms with Crippen molar-refractivity contribution in [1.29, 1.82) is 0 Å². The Hall–Kier alpha value is -2.47. The van der Waals surface area contributed by atoms with Crippen LogP contribution in [0.15, 0.2) is 36.8 Å². The van der Waals surface area contributed by atoms with Gasteiger partial charge in [-0.15, -0.1) is 0 Å². The standard InChI is InChI=1S/C24H27N5O/c1-22(2,30)24-9-17(10-24)28(13-24)20-8-21(26-14-25-20)29-19-7-15(3-4-16(19)12-27-29)18-11-23(18)5-6-23/h3-4,7-8,12,14,17-18,30H,5-6,9-11,13H2,1-2H3. The molecule has 30 heavy (non-hydrogen) atoms. The molecule has 154 valence electrons. The molecule has 4 heterocycles. The van der Waals surface area contributed by atoms with E-state index in [0.717, 1.165) is 47.8 Å². The van der Waals surface area contributed by atoms with E-state index in [1.807, 2.05) is 24.7 Å². The molecular formula is C24H27N5O. The first-order valence-corrected chi connectivity index (χ1v) is 11.2. The zero-order valence-corrected chi connectivity index (χ0v) is 17.5. The lowest BCUT2D eigenvalue weighted by Crippen LogP contribution is -2.50. The van der Waals surface area contributed by atoms with Crippen molar-refractivity contribution in [3.8, 4) is 5.82 Å². The number of hydrogen-bond acceptors (Lipinski definition) is 5. The van der Waals surface area contributed by atoms with Crippen LogP contribution in [0.1, 0.15) is 57.4 Å². The zero-order valence-electron chi connectivity index (χ0n) is 17.5. The van der Waals surface area contributed by atoms with Gasteiger partial charge in [0.1, 0.15) is 12.1 Å². The van der Waals surface area contributed by atoms with Crippen molar-refractivity contribution in [3.05, 3.63) is 42.4 Å². The maximum Gasteiger partial charge on any atom is 0.159 e. The average Bonchev–Trinajstić information content (AvgIpc) is 3.44. The molecule has 2 saturated heterocycles. The van der Waals surface area contributed by atoms with Gasteiger partial charge in [-0.3, -0.25) is 0 Å². The zero-order chi connectivity index (χ0) is 20.3. The quantitative estimate of drug-likeness (QED) is 0.720. The molecule has 1 unspecified atom stereocenters. The molecule has 6 nitrogen and oxygen atoms in total. The largest absolute Gasteiger partial charge is 0.390 e. The third-order valence-electron chi connectivity index (χ3n) is 8.69. The van der Waals surface area contributed by atoms with E-state index in [1.54, 1.807) is 6.33 Å². The van der Waals surface area contributed by atoms with Gasteiger partial charge in [0, 0.05) is 29.5 Å². The molecular weight excluding hydrogens is 374 g/mol. The number of aromatic nitrogens is 4. The van der Waals surface area contributed by atoms with E-state index >= 15 is 0 Å². The molecule has 5 fully saturated rings. The summed E-state index contributed by atoms with van der Waals surface area (Å²) in [7, 11) is 0. The van der Waals surface area contributed by atoms with Gasteiger partial charge in [0.2, 0.25) is 0 Å². The number of nitrogens with zero attached hydrogens (tertiary/aromatic N) is 5. The Morgan fingerprint density at radius 1 is 1.07 bits per heavy atom. The summed E-state index contributed by atoms with van der Waals surface area (Å²) >= 11 is 0. The van der Waals surface area contributed by atoms with Crippen molar-refractivity contribution >= 4 is 16.7 Å². The van der Waals surface area contributed by atoms with Crippen molar-refractivity contribution in [2.24, 2.45) is 10.8 Å². The predicted molar refractivity (Wildman–Crippen MR) is 115 cm³/mol. The van der Waals surface area contributed by atoms with Crippen molar-refractivity contribution in [3.63, 3.8) is 0 Å². The number of benzene rings is 1. The van der Waals surface area contributed by atoms with E-state index in [1.165, 1.54) is 24.8 Å². The second-order valence-corrected chi connectivity index (χ2v) is 10.8. The molecule has 0 amide bonds. The molecule has 2 bridgehead atoms. The van der Waals surface area contributed by atoms with Crippen LogP contribution >= 0.6 is 0 Å². The van der Waals surface area contributed by atoms with Crippen molar-refractivity contribution < 1.29 is 5.11 Å². The molecule has 5 aliphatic rings. The minimum atomic E-state index is -0.662. The summed E-state index contributed by atoms with van der Waals surface area (Å²) in [5, 5.41) is 16.4. The van der Waals surface area contributed by atoms with Crippen molar-refractivity contribution in [1.82, 2.24) is 19.7 Å². The molecule has 3 aromatic rings. The van der Waals surface area contributed by atoms with Gasteiger partial charge in [-0.1, -0.05) is 12.1 Å². The number of aliphatic hydroxyl groups is 1. The molecule has 3 saturated carbocycles. The normalized spacial score (nSPS) is 30.7. The molecule has 2 aromatic heterocycles. The van der Waals surface area contributed by atoms with E-state index in [4.69, 9.17) is 0 Å². The number of hydrogen-bond donors (Lipinski definition) is 1.